The van der Waals surface area contributed by atoms with Gasteiger partial charge in [-0.2, -0.15) is 0 Å². The molecule has 10 heteroatoms. The summed E-state index contributed by atoms with van der Waals surface area (Å²) in [4.78, 5) is 29.4. The average molecular weight is 272 g/mol. The highest BCUT2D eigenvalue weighted by Crippen LogP contribution is 1.78. The van der Waals surface area contributed by atoms with Crippen LogP contribution in [0, 0.1) is 0 Å². The minimum atomic E-state index is -0.291. The predicted molar refractivity (Wildman–Crippen MR) is 72.0 cm³/mol. The van der Waals surface area contributed by atoms with E-state index in [1.807, 2.05) is 0 Å². The number of carbonyl (C=O) groups is 2. The number of guanidine groups is 2. The summed E-state index contributed by atoms with van der Waals surface area (Å²) in [5, 5.41) is 5.17. The summed E-state index contributed by atoms with van der Waals surface area (Å²) < 4.78 is 0. The Morgan fingerprint density at radius 1 is 0.789 bits per heavy atom. The third-order valence-corrected chi connectivity index (χ3v) is 1.81. The van der Waals surface area contributed by atoms with Crippen LogP contribution in [0.4, 0.5) is 0 Å². The van der Waals surface area contributed by atoms with Crippen molar-refractivity contribution in [1.29, 1.82) is 0 Å². The van der Waals surface area contributed by atoms with Crippen LogP contribution in [0.1, 0.15) is 6.42 Å². The summed E-state index contributed by atoms with van der Waals surface area (Å²) >= 11 is 0. The largest absolute Gasteiger partial charge is 0.370 e. The molecular weight excluding hydrogens is 252 g/mol. The zero-order valence-electron chi connectivity index (χ0n) is 10.6. The van der Waals surface area contributed by atoms with Gasteiger partial charge in [-0.3, -0.25) is 9.59 Å². The highest BCUT2D eigenvalue weighted by molar-refractivity contribution is 5.83. The van der Waals surface area contributed by atoms with Gasteiger partial charge in [0, 0.05) is 13.1 Å². The van der Waals surface area contributed by atoms with Crippen LogP contribution in [-0.2, 0) is 9.59 Å². The van der Waals surface area contributed by atoms with E-state index in [1.165, 1.54) is 0 Å². The van der Waals surface area contributed by atoms with Crippen LogP contribution in [0.15, 0.2) is 9.98 Å². The standard InChI is InChI=1S/C9H20N8O2/c10-8(11)16-4-6(18)14-2-1-3-15-7(19)5-17-9(12)13/h1-5H2,(H,14,18)(H,15,19)(H4,10,11,16)(H4,12,13,17). The summed E-state index contributed by atoms with van der Waals surface area (Å²) in [6.45, 7) is 0.585. The van der Waals surface area contributed by atoms with Crippen molar-refractivity contribution in [3.8, 4) is 0 Å². The van der Waals surface area contributed by atoms with Crippen molar-refractivity contribution >= 4 is 23.7 Å². The molecule has 0 aliphatic carbocycles. The molecule has 0 atom stereocenters. The van der Waals surface area contributed by atoms with Gasteiger partial charge in [-0.05, 0) is 6.42 Å². The fourth-order valence-corrected chi connectivity index (χ4v) is 0.982. The summed E-state index contributed by atoms with van der Waals surface area (Å²) in [7, 11) is 0. The highest BCUT2D eigenvalue weighted by Gasteiger charge is 2.00. The molecule has 0 rings (SSSR count). The highest BCUT2D eigenvalue weighted by atomic mass is 16.2. The maximum Gasteiger partial charge on any atom is 0.241 e. The second-order valence-corrected chi connectivity index (χ2v) is 3.54. The number of hydrogen-bond donors (Lipinski definition) is 6. The van der Waals surface area contributed by atoms with Crippen LogP contribution < -0.4 is 33.6 Å². The van der Waals surface area contributed by atoms with Gasteiger partial charge in [-0.25, -0.2) is 9.98 Å². The van der Waals surface area contributed by atoms with Crippen molar-refractivity contribution in [1.82, 2.24) is 10.6 Å². The van der Waals surface area contributed by atoms with Gasteiger partial charge in [0.15, 0.2) is 11.9 Å². The predicted octanol–water partition coefficient (Wildman–Crippen LogP) is -3.84. The molecule has 10 N–H and O–H groups in total. The Morgan fingerprint density at radius 2 is 1.16 bits per heavy atom. The topological polar surface area (TPSA) is 187 Å². The van der Waals surface area contributed by atoms with Gasteiger partial charge in [-0.15, -0.1) is 0 Å². The molecule has 0 radical (unpaired) electrons. The number of rotatable bonds is 8. The quantitative estimate of drug-likeness (QED) is 0.149. The van der Waals surface area contributed by atoms with Gasteiger partial charge in [0.05, 0.1) is 0 Å². The molecule has 0 fully saturated rings. The van der Waals surface area contributed by atoms with E-state index >= 15 is 0 Å². The van der Waals surface area contributed by atoms with E-state index in [0.717, 1.165) is 0 Å². The van der Waals surface area contributed by atoms with E-state index in [2.05, 4.69) is 20.6 Å². The summed E-state index contributed by atoms with van der Waals surface area (Å²) in [6, 6.07) is 0. The molecule has 108 valence electrons. The first-order valence-electron chi connectivity index (χ1n) is 5.56. The fourth-order valence-electron chi connectivity index (χ4n) is 0.982. The zero-order valence-corrected chi connectivity index (χ0v) is 10.6. The Labute approximate surface area is 110 Å². The Bertz CT molecular complexity index is 323. The Hall–Kier alpha value is -2.52. The number of carbonyl (C=O) groups excluding carboxylic acids is 2. The van der Waals surface area contributed by atoms with E-state index in [1.54, 1.807) is 0 Å². The molecule has 0 bridgehead atoms. The van der Waals surface area contributed by atoms with E-state index in [4.69, 9.17) is 22.9 Å². The number of nitrogens with one attached hydrogen (secondary N) is 2. The fraction of sp³-hybridized carbons (Fsp3) is 0.556. The second-order valence-electron chi connectivity index (χ2n) is 3.54. The van der Waals surface area contributed by atoms with Gasteiger partial charge in [0.2, 0.25) is 11.8 Å². The van der Waals surface area contributed by atoms with E-state index in [-0.39, 0.29) is 36.8 Å². The molecule has 0 saturated carbocycles. The summed E-state index contributed by atoms with van der Waals surface area (Å²) in [5.74, 6) is -0.857. The molecule has 0 aromatic carbocycles. The van der Waals surface area contributed by atoms with Crippen LogP contribution in [-0.4, -0.2) is 49.9 Å². The van der Waals surface area contributed by atoms with E-state index in [0.29, 0.717) is 19.5 Å². The lowest BCUT2D eigenvalue weighted by Gasteiger charge is -2.05. The monoisotopic (exact) mass is 272 g/mol. The molecule has 0 aliphatic rings. The molecule has 10 nitrogen and oxygen atoms in total. The van der Waals surface area contributed by atoms with Crippen molar-refractivity contribution in [3.63, 3.8) is 0 Å². The minimum absolute atomic E-state index is 0.112. The van der Waals surface area contributed by atoms with Crippen LogP contribution in [0.2, 0.25) is 0 Å². The van der Waals surface area contributed by atoms with Gasteiger partial charge in [0.25, 0.3) is 0 Å². The molecular formula is C9H20N8O2. The van der Waals surface area contributed by atoms with Crippen LogP contribution >= 0.6 is 0 Å². The number of hydrogen-bond acceptors (Lipinski definition) is 4. The number of nitrogens with zero attached hydrogens (tertiary/aromatic N) is 2. The van der Waals surface area contributed by atoms with Gasteiger partial charge >= 0.3 is 0 Å². The molecule has 0 saturated heterocycles. The lowest BCUT2D eigenvalue weighted by Crippen LogP contribution is -2.33. The Balaban J connectivity index is 3.55. The van der Waals surface area contributed by atoms with Crippen molar-refractivity contribution < 1.29 is 9.59 Å². The molecule has 0 aromatic heterocycles. The molecule has 19 heavy (non-hydrogen) atoms. The summed E-state index contributed by atoms with van der Waals surface area (Å²) in [5.41, 5.74) is 20.3. The van der Waals surface area contributed by atoms with E-state index in [9.17, 15) is 9.59 Å². The Morgan fingerprint density at radius 3 is 1.47 bits per heavy atom. The maximum absolute atomic E-state index is 11.2. The third-order valence-electron chi connectivity index (χ3n) is 1.81. The first kappa shape index (κ1) is 16.5. The van der Waals surface area contributed by atoms with Crippen molar-refractivity contribution in [2.45, 2.75) is 6.42 Å². The number of amides is 2. The SMILES string of the molecule is NC(N)=NCC(=O)NCCCNC(=O)CN=C(N)N. The number of aliphatic imine (C=N–C) groups is 2. The normalized spacial score (nSPS) is 9.26. The van der Waals surface area contributed by atoms with E-state index < -0.39 is 0 Å². The molecule has 0 unspecified atom stereocenters. The molecule has 0 spiro atoms. The second kappa shape index (κ2) is 9.50. The van der Waals surface area contributed by atoms with Crippen LogP contribution in [0.25, 0.3) is 0 Å². The van der Waals surface area contributed by atoms with Gasteiger partial charge in [-0.1, -0.05) is 0 Å². The lowest BCUT2D eigenvalue weighted by atomic mass is 10.4. The number of nitrogens with two attached hydrogens (primary N) is 4. The molecule has 0 heterocycles. The van der Waals surface area contributed by atoms with Crippen molar-refractivity contribution in [2.24, 2.45) is 32.9 Å². The lowest BCUT2D eigenvalue weighted by molar-refractivity contribution is -0.120. The molecule has 2 amide bonds. The van der Waals surface area contributed by atoms with Gasteiger partial charge < -0.3 is 33.6 Å². The van der Waals surface area contributed by atoms with Crippen LogP contribution in [0.5, 0.6) is 0 Å². The minimum Gasteiger partial charge on any atom is -0.370 e. The summed E-state index contributed by atoms with van der Waals surface area (Å²) in [6.07, 6.45) is 0.571. The van der Waals surface area contributed by atoms with Crippen LogP contribution in [0.3, 0.4) is 0 Å². The maximum atomic E-state index is 11.2. The van der Waals surface area contributed by atoms with Crippen molar-refractivity contribution in [3.05, 3.63) is 0 Å². The average Bonchev–Trinajstić information content (AvgIpc) is 2.33. The van der Waals surface area contributed by atoms with Crippen molar-refractivity contribution in [2.75, 3.05) is 26.2 Å². The zero-order chi connectivity index (χ0) is 14.7. The molecule has 0 aliphatic heterocycles. The first-order chi connectivity index (χ1) is 8.91. The smallest absolute Gasteiger partial charge is 0.241 e. The molecule has 0 aromatic rings. The first-order valence-corrected chi connectivity index (χ1v) is 5.56. The third kappa shape index (κ3) is 11.7. The Kier molecular flexibility index (Phi) is 8.24. The van der Waals surface area contributed by atoms with Gasteiger partial charge in [0.1, 0.15) is 13.1 Å².